The Balaban J connectivity index is 1.62. The molecule has 3 amide bonds. The van der Waals surface area contributed by atoms with Crippen LogP contribution in [-0.4, -0.2) is 41.2 Å². The number of hydrogen-bond donors (Lipinski definition) is 2. The van der Waals surface area contributed by atoms with Crippen molar-refractivity contribution in [2.24, 2.45) is 0 Å². The molecular formula is C21H21F3N2O4. The molecule has 2 atom stereocenters. The maximum atomic E-state index is 12.8. The van der Waals surface area contributed by atoms with Gasteiger partial charge >= 0.3 is 12.2 Å². The second-order valence-corrected chi connectivity index (χ2v) is 7.20. The number of benzene rings is 2. The molecule has 2 N–H and O–H groups in total. The van der Waals surface area contributed by atoms with Gasteiger partial charge in [-0.15, -0.1) is 0 Å². The maximum Gasteiger partial charge on any atom is 0.416 e. The van der Waals surface area contributed by atoms with Gasteiger partial charge in [0.05, 0.1) is 31.4 Å². The lowest BCUT2D eigenvalue weighted by Gasteiger charge is -2.23. The number of amides is 3. The van der Waals surface area contributed by atoms with Gasteiger partial charge < -0.3 is 15.2 Å². The van der Waals surface area contributed by atoms with E-state index in [1.54, 1.807) is 0 Å². The minimum atomic E-state index is -4.50. The van der Waals surface area contributed by atoms with E-state index in [1.165, 1.54) is 6.92 Å². The largest absolute Gasteiger partial charge is 0.416 e. The third-order valence-electron chi connectivity index (χ3n) is 4.88. The molecule has 0 aliphatic carbocycles. The van der Waals surface area contributed by atoms with Crippen LogP contribution in [0.1, 0.15) is 23.6 Å². The number of nitrogens with zero attached hydrogens (tertiary/aromatic N) is 1. The molecule has 6 nitrogen and oxygen atoms in total. The molecule has 1 aliphatic heterocycles. The van der Waals surface area contributed by atoms with Crippen molar-refractivity contribution in [3.05, 3.63) is 71.3 Å². The van der Waals surface area contributed by atoms with Crippen molar-refractivity contribution < 1.29 is 32.6 Å². The van der Waals surface area contributed by atoms with E-state index in [0.717, 1.165) is 34.7 Å². The zero-order chi connectivity index (χ0) is 21.9. The van der Waals surface area contributed by atoms with Crippen molar-refractivity contribution in [2.75, 3.05) is 13.2 Å². The summed E-state index contributed by atoms with van der Waals surface area (Å²) in [5, 5.41) is 12.7. The number of halogens is 3. The number of aliphatic hydroxyl groups excluding tert-OH is 1. The molecule has 0 spiro atoms. The van der Waals surface area contributed by atoms with Gasteiger partial charge in [0.2, 0.25) is 0 Å². The minimum absolute atomic E-state index is 0.0943. The van der Waals surface area contributed by atoms with Gasteiger partial charge in [-0.2, -0.15) is 13.2 Å². The summed E-state index contributed by atoms with van der Waals surface area (Å²) < 4.78 is 43.7. The Morgan fingerprint density at radius 1 is 1.10 bits per heavy atom. The van der Waals surface area contributed by atoms with Crippen LogP contribution < -0.4 is 5.32 Å². The fourth-order valence-electron chi connectivity index (χ4n) is 3.20. The predicted octanol–water partition coefficient (Wildman–Crippen LogP) is 3.05. The zero-order valence-corrected chi connectivity index (χ0v) is 16.1. The topological polar surface area (TPSA) is 78.9 Å². The van der Waals surface area contributed by atoms with Crippen molar-refractivity contribution in [3.63, 3.8) is 0 Å². The van der Waals surface area contributed by atoms with Crippen LogP contribution in [0.2, 0.25) is 0 Å². The van der Waals surface area contributed by atoms with E-state index in [-0.39, 0.29) is 25.3 Å². The van der Waals surface area contributed by atoms with Gasteiger partial charge in [-0.1, -0.05) is 42.5 Å². The Hall–Kier alpha value is -2.91. The number of β-amino-alcohol motifs (C(OH)–C–C–N with tert-alkyl or cyclic N) is 1. The molecule has 0 aromatic heterocycles. The summed E-state index contributed by atoms with van der Waals surface area (Å²) in [6.07, 6.45) is -5.61. The highest BCUT2D eigenvalue weighted by Gasteiger charge is 2.49. The first-order chi connectivity index (χ1) is 14.1. The van der Waals surface area contributed by atoms with Crippen LogP contribution in [0.5, 0.6) is 0 Å². The van der Waals surface area contributed by atoms with Crippen LogP contribution in [-0.2, 0) is 27.9 Å². The van der Waals surface area contributed by atoms with Crippen LogP contribution >= 0.6 is 0 Å². The number of rotatable bonds is 7. The second-order valence-electron chi connectivity index (χ2n) is 7.20. The fourth-order valence-corrected chi connectivity index (χ4v) is 3.20. The Morgan fingerprint density at radius 2 is 1.73 bits per heavy atom. The number of nitrogens with one attached hydrogen (secondary N) is 1. The summed E-state index contributed by atoms with van der Waals surface area (Å²) >= 11 is 0. The molecule has 0 saturated carbocycles. The molecule has 9 heteroatoms. The van der Waals surface area contributed by atoms with Crippen LogP contribution in [0.25, 0.3) is 0 Å². The highest BCUT2D eigenvalue weighted by molar-refractivity contribution is 6.07. The molecule has 1 saturated heterocycles. The van der Waals surface area contributed by atoms with Crippen molar-refractivity contribution in [1.29, 1.82) is 0 Å². The lowest BCUT2D eigenvalue weighted by atomic mass is 9.91. The average molecular weight is 422 g/mol. The van der Waals surface area contributed by atoms with Gasteiger partial charge in [0.1, 0.15) is 5.54 Å². The highest BCUT2D eigenvalue weighted by Crippen LogP contribution is 2.33. The summed E-state index contributed by atoms with van der Waals surface area (Å²) in [4.78, 5) is 26.0. The standard InChI is InChI=1S/C21H21F3N2O4/c1-20(15-7-9-16(10-8-15)21(22,23)24)18(28)26(19(29)25-20)11-17(27)13-30-12-14-5-3-2-4-6-14/h2-10,17,27H,11-13H2,1H3,(H,25,29). The Bertz CT molecular complexity index is 903. The van der Waals surface area contributed by atoms with E-state index in [4.69, 9.17) is 4.74 Å². The average Bonchev–Trinajstić information content (AvgIpc) is 2.92. The molecule has 0 radical (unpaired) electrons. The number of hydrogen-bond acceptors (Lipinski definition) is 4. The number of carbonyl (C=O) groups is 2. The smallest absolute Gasteiger partial charge is 0.389 e. The predicted molar refractivity (Wildman–Crippen MR) is 101 cm³/mol. The Labute approximate surface area is 171 Å². The molecule has 2 unspecified atom stereocenters. The number of aliphatic hydroxyl groups is 1. The fraction of sp³-hybridized carbons (Fsp3) is 0.333. The molecule has 1 fully saturated rings. The third kappa shape index (κ3) is 4.63. The minimum Gasteiger partial charge on any atom is -0.389 e. The molecule has 2 aromatic rings. The van der Waals surface area contributed by atoms with Crippen molar-refractivity contribution in [1.82, 2.24) is 10.2 Å². The summed E-state index contributed by atoms with van der Waals surface area (Å²) in [5.74, 6) is -0.658. The van der Waals surface area contributed by atoms with E-state index < -0.39 is 35.3 Å². The molecule has 30 heavy (non-hydrogen) atoms. The summed E-state index contributed by atoms with van der Waals surface area (Å²) in [5.41, 5.74) is -1.25. The van der Waals surface area contributed by atoms with E-state index >= 15 is 0 Å². The molecule has 2 aromatic carbocycles. The van der Waals surface area contributed by atoms with Crippen LogP contribution in [0.3, 0.4) is 0 Å². The molecule has 3 rings (SSSR count). The first-order valence-electron chi connectivity index (χ1n) is 9.23. The number of urea groups is 1. The van der Waals surface area contributed by atoms with Crippen LogP contribution in [0.4, 0.5) is 18.0 Å². The van der Waals surface area contributed by atoms with Crippen LogP contribution in [0, 0.1) is 0 Å². The molecule has 0 bridgehead atoms. The summed E-state index contributed by atoms with van der Waals surface area (Å²) in [6, 6.07) is 12.6. The van der Waals surface area contributed by atoms with Gasteiger partial charge in [0.25, 0.3) is 5.91 Å². The lowest BCUT2D eigenvalue weighted by molar-refractivity contribution is -0.137. The van der Waals surface area contributed by atoms with Crippen molar-refractivity contribution in [3.8, 4) is 0 Å². The van der Waals surface area contributed by atoms with Gasteiger partial charge in [0, 0.05) is 0 Å². The SMILES string of the molecule is CC1(c2ccc(C(F)(F)F)cc2)NC(=O)N(CC(O)COCc2ccccc2)C1=O. The number of ether oxygens (including phenoxy) is 1. The first-order valence-corrected chi connectivity index (χ1v) is 9.23. The van der Waals surface area contributed by atoms with E-state index in [1.807, 2.05) is 30.3 Å². The lowest BCUT2D eigenvalue weighted by Crippen LogP contribution is -2.42. The van der Waals surface area contributed by atoms with E-state index in [0.29, 0.717) is 0 Å². The molecule has 1 heterocycles. The van der Waals surface area contributed by atoms with E-state index in [2.05, 4.69) is 5.32 Å². The van der Waals surface area contributed by atoms with Crippen molar-refractivity contribution in [2.45, 2.75) is 31.3 Å². The Morgan fingerprint density at radius 3 is 2.33 bits per heavy atom. The zero-order valence-electron chi connectivity index (χ0n) is 16.1. The summed E-state index contributed by atoms with van der Waals surface area (Å²) in [6.45, 7) is 1.29. The quantitative estimate of drug-likeness (QED) is 0.673. The highest BCUT2D eigenvalue weighted by atomic mass is 19.4. The summed E-state index contributed by atoms with van der Waals surface area (Å²) in [7, 11) is 0. The van der Waals surface area contributed by atoms with E-state index in [9.17, 15) is 27.9 Å². The maximum absolute atomic E-state index is 12.8. The third-order valence-corrected chi connectivity index (χ3v) is 4.88. The number of imide groups is 1. The van der Waals surface area contributed by atoms with Gasteiger partial charge in [0.15, 0.2) is 0 Å². The van der Waals surface area contributed by atoms with Crippen molar-refractivity contribution >= 4 is 11.9 Å². The molecule has 1 aliphatic rings. The van der Waals surface area contributed by atoms with Gasteiger partial charge in [-0.25, -0.2) is 4.79 Å². The van der Waals surface area contributed by atoms with Gasteiger partial charge in [-0.05, 0) is 30.2 Å². The first kappa shape index (κ1) is 21.8. The van der Waals surface area contributed by atoms with Crippen LogP contribution in [0.15, 0.2) is 54.6 Å². The number of alkyl halides is 3. The monoisotopic (exact) mass is 422 g/mol. The molecular weight excluding hydrogens is 401 g/mol. The second kappa shape index (κ2) is 8.45. The normalized spacial score (nSPS) is 20.4. The number of carbonyl (C=O) groups excluding carboxylic acids is 2. The Kier molecular flexibility index (Phi) is 6.14. The molecule has 160 valence electrons. The van der Waals surface area contributed by atoms with Gasteiger partial charge in [-0.3, -0.25) is 9.69 Å².